The maximum Gasteiger partial charge on any atom is 0.592 e. The van der Waals surface area contributed by atoms with Crippen molar-refractivity contribution in [2.24, 2.45) is 11.8 Å². The Morgan fingerprint density at radius 3 is 1.04 bits per heavy atom. The van der Waals surface area contributed by atoms with Gasteiger partial charge in [0, 0.05) is 151 Å². The number of nitriles is 1. The summed E-state index contributed by atoms with van der Waals surface area (Å²) in [7, 11) is -19.9. The summed E-state index contributed by atoms with van der Waals surface area (Å²) in [5, 5.41) is 28.5. The fourth-order valence-electron chi connectivity index (χ4n) is 17.8. The summed E-state index contributed by atoms with van der Waals surface area (Å²) in [6, 6.07) is 15.6. The van der Waals surface area contributed by atoms with Gasteiger partial charge in [0.15, 0.2) is 0 Å². The molecule has 0 saturated carbocycles. The van der Waals surface area contributed by atoms with Crippen molar-refractivity contribution in [3.63, 3.8) is 0 Å². The van der Waals surface area contributed by atoms with Gasteiger partial charge in [0.25, 0.3) is 0 Å². The van der Waals surface area contributed by atoms with Crippen LogP contribution in [0.25, 0.3) is 0 Å². The van der Waals surface area contributed by atoms with Gasteiger partial charge in [-0.15, -0.1) is 0 Å². The number of ether oxygens (including phenoxy) is 2. The molecule has 23 nitrogen and oxygen atoms in total. The maximum atomic E-state index is 12.2. The van der Waals surface area contributed by atoms with Crippen LogP contribution in [-0.2, 0) is 19.9 Å². The van der Waals surface area contributed by atoms with Gasteiger partial charge in [0.1, 0.15) is 81.3 Å². The van der Waals surface area contributed by atoms with Crippen LogP contribution in [0.15, 0.2) is 92.2 Å². The Morgan fingerprint density at radius 2 is 0.711 bits per heavy atom. The number of piperidine rings is 6. The number of pyridine rings is 3. The van der Waals surface area contributed by atoms with Crippen LogP contribution in [0.5, 0.6) is 0 Å². The summed E-state index contributed by atoms with van der Waals surface area (Å²) in [5.74, 6) is 1.21. The number of hydrogen-bond donors (Lipinski definition) is 11. The van der Waals surface area contributed by atoms with Crippen molar-refractivity contribution in [2.75, 3.05) is 231 Å². The van der Waals surface area contributed by atoms with Gasteiger partial charge in [-0.2, -0.15) is 5.26 Å². The minimum Gasteiger partial charge on any atom is -1.00 e. The number of nitrogens with zero attached hydrogens (tertiary/aromatic N) is 9. The van der Waals surface area contributed by atoms with Crippen molar-refractivity contribution >= 4 is 82.9 Å². The molecule has 11 N–H and O–H groups in total. The fourth-order valence-corrected chi connectivity index (χ4v) is 17.8. The number of esters is 1. The highest BCUT2D eigenvalue weighted by molar-refractivity contribution is 6.44. The van der Waals surface area contributed by atoms with Crippen molar-refractivity contribution in [1.29, 1.82) is 5.26 Å². The van der Waals surface area contributed by atoms with E-state index >= 15 is 0 Å². The number of quaternary nitrogens is 9. The predicted molar refractivity (Wildman–Crippen MR) is 489 cm³/mol. The van der Waals surface area contributed by atoms with Crippen molar-refractivity contribution in [2.45, 2.75) is 167 Å². The van der Waals surface area contributed by atoms with E-state index in [0.717, 1.165) is 224 Å². The topological polar surface area (TPSA) is 214 Å². The van der Waals surface area contributed by atoms with E-state index in [4.69, 9.17) is 14.7 Å². The van der Waals surface area contributed by atoms with E-state index in [2.05, 4.69) is 66.5 Å². The smallest absolute Gasteiger partial charge is 0.592 e. The Balaban J connectivity index is -0.000000493. The number of aromatic nitrogens is 5. The minimum absolute atomic E-state index is 0. The van der Waals surface area contributed by atoms with Gasteiger partial charge in [-0.05, 0) is 115 Å². The van der Waals surface area contributed by atoms with Crippen molar-refractivity contribution in [3.05, 3.63) is 103 Å². The number of carbonyl (C=O) groups is 1. The third-order valence-electron chi connectivity index (χ3n) is 25.5. The molecule has 0 bridgehead atoms. The van der Waals surface area contributed by atoms with Crippen LogP contribution >= 0.6 is 0 Å². The molecule has 0 radical (unpaired) electrons. The van der Waals surface area contributed by atoms with E-state index in [9.17, 15) is 92.7 Å². The molecule has 142 heavy (non-hydrogen) atoms. The van der Waals surface area contributed by atoms with Gasteiger partial charge < -0.3 is 116 Å². The number of anilines is 2. The van der Waals surface area contributed by atoms with Gasteiger partial charge in [0.2, 0.25) is 0 Å². The number of nitrogens with one attached hydrogen (secondary N) is 9. The molecule has 13 rings (SSSR count). The highest BCUT2D eigenvalue weighted by Gasteiger charge is 2.41. The minimum atomic E-state index is -2.27. The summed E-state index contributed by atoms with van der Waals surface area (Å²) in [5.41, 5.74) is 1.49. The van der Waals surface area contributed by atoms with E-state index in [-0.39, 0.29) is 124 Å². The molecular formula is C83H146B9F27N18O5. The first-order valence-electron chi connectivity index (χ1n) is 47.4. The summed E-state index contributed by atoms with van der Waals surface area (Å²) in [6.45, 7) is 34.9. The Bertz CT molecular complexity index is 3530. The standard InChI is InChI=1S/C11H15BF2N2O.C11H15BF2N2.C11H20BF2NO2.C10H14BF2N3.C9H13BF2N4.C9H19BF2N2.C8H16BF2NO.C7H11BF2N2.C7H14BF2NO.9FH/c13-12(14)9-16-7-3-11(17,4-8-16)10-1-5-15-6-2-10;13-12(14)9-16-7-3-11(4-8-16)10-1-5-15-6-2-10;1-11(2,3)17-10(16)9-4-6-15(7-5-9)8-12(13)14;12-11(13)9-15-5-7-16(8-6-15)10-1-3-14-4-2-10;11-10(12)7-15-3-5-16(6-4-15)9-1-2-13-8-14-9;1-9(2,3)14-6-4-13(5-7-14)8-10(11)12;1-2-13-8-3-5-12(6-4-8)7-9(10)11;9-8(10)6-12-3-1-7(5-11)2-4-12;1-7(12)2-4-11(5-3-7)6-8(9)10;;;;;;;;;/h1-2,5-6,17H,3-4,7-9H2;1-2,5-6,11H,3-4,7-9H2;9H,4-8H2,1-3H3;1-4H,5-9H2;1-2,8H,3-7H2;4-8H2,1-3H3;8H,2-7H2,1H3;7H,1-4,6H2;12H,2-6H2,1H3;9*1H. The molecule has 9 saturated heterocycles. The molecule has 0 unspecified atom stereocenters. The Kier molecular flexibility index (Phi) is 77.7. The molecule has 4 aromatic heterocycles. The van der Waals surface area contributed by atoms with Crippen LogP contribution < -0.4 is 96.2 Å². The summed E-state index contributed by atoms with van der Waals surface area (Å²) >= 11 is 0. The van der Waals surface area contributed by atoms with Crippen LogP contribution in [0.2, 0.25) is 0 Å². The molecule has 0 spiro atoms. The molecule has 13 heterocycles. The van der Waals surface area contributed by atoms with Crippen molar-refractivity contribution in [3.8, 4) is 6.07 Å². The summed E-state index contributed by atoms with van der Waals surface area (Å²) in [6.07, 6.45) is 22.5. The molecule has 0 atom stereocenters. The van der Waals surface area contributed by atoms with Crippen molar-refractivity contribution < 1.29 is 189 Å². The quantitative estimate of drug-likeness (QED) is 0.0169. The van der Waals surface area contributed by atoms with Gasteiger partial charge in [-0.3, -0.25) is 102 Å². The second kappa shape index (κ2) is 76.7. The number of likely N-dealkylation sites (tertiary alicyclic amines) is 6. The molecule has 59 heteroatoms. The zero-order valence-corrected chi connectivity index (χ0v) is 82.5. The molecule has 0 aliphatic carbocycles. The average Bonchev–Trinajstić information content (AvgIpc) is 0.809. The second-order valence-electron chi connectivity index (χ2n) is 38.2. The van der Waals surface area contributed by atoms with E-state index < -0.39 is 82.2 Å². The first-order chi connectivity index (χ1) is 63.0. The average molecular weight is 2090 g/mol. The summed E-state index contributed by atoms with van der Waals surface area (Å²) in [4.78, 5) is 47.0. The summed E-state index contributed by atoms with van der Waals surface area (Å²) < 4.78 is 229. The Morgan fingerprint density at radius 1 is 0.408 bits per heavy atom. The molecule has 814 valence electrons. The zero-order chi connectivity index (χ0) is 98.1. The lowest BCUT2D eigenvalue weighted by Crippen LogP contribution is -3.16. The highest BCUT2D eigenvalue weighted by Crippen LogP contribution is 2.29. The number of hydrogen-bond acceptors (Lipinski definition) is 14. The van der Waals surface area contributed by atoms with Gasteiger partial charge in [-0.25, -0.2) is 9.97 Å². The fraction of sp³-hybridized carbons (Fsp3) is 0.747. The molecular weight excluding hydrogens is 1940 g/mol. The van der Waals surface area contributed by atoms with Crippen molar-refractivity contribution in [1.82, 2.24) is 29.8 Å². The van der Waals surface area contributed by atoms with Crippen LogP contribution in [-0.4, -0.2) is 356 Å². The number of piperazine rings is 3. The van der Waals surface area contributed by atoms with Crippen LogP contribution in [0.1, 0.15) is 149 Å². The number of rotatable bonds is 25. The van der Waals surface area contributed by atoms with E-state index in [1.165, 1.54) is 11.9 Å². The number of halogens is 27. The first-order valence-corrected chi connectivity index (χ1v) is 47.4. The zero-order valence-electron chi connectivity index (χ0n) is 82.5. The third-order valence-corrected chi connectivity index (χ3v) is 25.5. The maximum absolute atomic E-state index is 12.2. The van der Waals surface area contributed by atoms with E-state index in [1.807, 2.05) is 58.0 Å². The third kappa shape index (κ3) is 62.4. The molecule has 0 aromatic carbocycles. The van der Waals surface area contributed by atoms with Gasteiger partial charge >= 0.3 is 71.4 Å². The highest BCUT2D eigenvalue weighted by atomic mass is 19.3. The number of carbonyl (C=O) groups excluding carboxylic acids is 1. The van der Waals surface area contributed by atoms with Gasteiger partial charge in [-0.1, -0.05) is 0 Å². The molecule has 4 aromatic rings. The van der Waals surface area contributed by atoms with Crippen LogP contribution in [0.4, 0.5) is 89.2 Å². The molecule has 0 amide bonds. The Labute approximate surface area is 822 Å². The predicted octanol–water partition coefficient (Wildman–Crippen LogP) is -27.6. The largest absolute Gasteiger partial charge is 1.00 e. The van der Waals surface area contributed by atoms with Crippen LogP contribution in [0.3, 0.4) is 0 Å². The Hall–Kier alpha value is -6.74. The SMILES string of the molecule is CC(C)(C)N1CC[NH+](CB(F)F)CC1.CC(C)(C)OC(=O)C1CC[NH+](CB(F)F)CC1.CC1(O)CC[NH+](CB(F)F)CC1.CCOC1CC[NH+](CB(F)F)CC1.FB(F)C[NH+]1CCC(c2ccncc2)CC1.FB(F)C[NH+]1CCN(c2ccncc2)CC1.FB(F)C[NH+]1CCN(c2ccncn2)CC1.N#CC1CC[NH+](CB(F)F)CC1.OC1(c2ccncc2)CC[NH+](CB(F)F)CC1.[F-].[F-].[F-].[F-].[F-].[F-].[F-].[F-].[F-]. The molecule has 9 fully saturated rings. The van der Waals surface area contributed by atoms with E-state index in [1.54, 1.807) is 62.4 Å². The van der Waals surface area contributed by atoms with Crippen LogP contribution in [0, 0.1) is 23.2 Å². The van der Waals surface area contributed by atoms with Gasteiger partial charge in [0.05, 0.1) is 174 Å². The number of aliphatic hydroxyl groups is 2. The molecule has 9 aliphatic heterocycles. The monoisotopic (exact) mass is 2090 g/mol. The second-order valence-corrected chi connectivity index (χ2v) is 38.2. The lowest BCUT2D eigenvalue weighted by Gasteiger charge is -2.40. The lowest BCUT2D eigenvalue weighted by molar-refractivity contribution is -0.898. The normalized spacial score (nSPS) is 23.6. The van der Waals surface area contributed by atoms with E-state index in [0.29, 0.717) is 89.8 Å². The molecule has 9 aliphatic rings. The lowest BCUT2D eigenvalue weighted by atomic mass is 9.84. The first kappa shape index (κ1) is 144.